The zero-order chi connectivity index (χ0) is 13.8. The summed E-state index contributed by atoms with van der Waals surface area (Å²) in [5, 5.41) is 15.4. The number of nitrogens with two attached hydrogens (primary N) is 1. The van der Waals surface area contributed by atoms with E-state index in [4.69, 9.17) is 10.9 Å². The van der Waals surface area contributed by atoms with E-state index in [1.807, 2.05) is 12.1 Å². The van der Waals surface area contributed by atoms with Gasteiger partial charge in [-0.3, -0.25) is 4.98 Å². The molecule has 3 atom stereocenters. The fraction of sp³-hybridized carbons (Fsp3) is 0.571. The van der Waals surface area contributed by atoms with Gasteiger partial charge in [0.15, 0.2) is 5.84 Å². The Morgan fingerprint density at radius 3 is 2.95 bits per heavy atom. The van der Waals surface area contributed by atoms with Gasteiger partial charge in [0.1, 0.15) is 5.69 Å². The molecule has 104 valence electrons. The topological polar surface area (TPSA) is 83.5 Å². The molecule has 1 fully saturated rings. The summed E-state index contributed by atoms with van der Waals surface area (Å²) in [6.45, 7) is 5.29. The van der Waals surface area contributed by atoms with Crippen LogP contribution in [0.4, 0.5) is 0 Å². The van der Waals surface area contributed by atoms with Crippen LogP contribution in [0.2, 0.25) is 0 Å². The molecule has 5 nitrogen and oxygen atoms in total. The average Bonchev–Trinajstić information content (AvgIpc) is 2.76. The normalized spacial score (nSPS) is 27.7. The van der Waals surface area contributed by atoms with Crippen LogP contribution in [-0.4, -0.2) is 22.1 Å². The molecule has 2 rings (SSSR count). The first-order chi connectivity index (χ1) is 9.13. The number of rotatable bonds is 4. The van der Waals surface area contributed by atoms with E-state index in [-0.39, 0.29) is 5.84 Å². The largest absolute Gasteiger partial charge is 0.409 e. The van der Waals surface area contributed by atoms with Crippen molar-refractivity contribution in [3.8, 4) is 0 Å². The van der Waals surface area contributed by atoms with E-state index in [1.54, 1.807) is 6.20 Å². The van der Waals surface area contributed by atoms with Crippen molar-refractivity contribution in [2.45, 2.75) is 39.3 Å². The van der Waals surface area contributed by atoms with Gasteiger partial charge in [0, 0.05) is 18.8 Å². The zero-order valence-electron chi connectivity index (χ0n) is 11.5. The van der Waals surface area contributed by atoms with Crippen LogP contribution in [0.1, 0.15) is 37.9 Å². The molecule has 3 unspecified atom stereocenters. The quantitative estimate of drug-likeness (QED) is 0.334. The highest BCUT2D eigenvalue weighted by Gasteiger charge is 2.29. The van der Waals surface area contributed by atoms with Gasteiger partial charge in [0.05, 0.1) is 0 Å². The minimum Gasteiger partial charge on any atom is -0.409 e. The highest BCUT2D eigenvalue weighted by Crippen LogP contribution is 2.31. The lowest BCUT2D eigenvalue weighted by molar-refractivity contribution is 0.318. The second kappa shape index (κ2) is 6.02. The summed E-state index contributed by atoms with van der Waals surface area (Å²) < 4.78 is 0. The second-order valence-corrected chi connectivity index (χ2v) is 5.40. The second-order valence-electron chi connectivity index (χ2n) is 5.40. The molecule has 1 aromatic rings. The number of hydrogen-bond acceptors (Lipinski definition) is 4. The van der Waals surface area contributed by atoms with E-state index in [0.717, 1.165) is 11.5 Å². The van der Waals surface area contributed by atoms with Crippen LogP contribution in [0.15, 0.2) is 23.5 Å². The number of oxime groups is 1. The van der Waals surface area contributed by atoms with Crippen molar-refractivity contribution < 1.29 is 5.21 Å². The van der Waals surface area contributed by atoms with E-state index >= 15 is 0 Å². The van der Waals surface area contributed by atoms with Crippen LogP contribution in [0.25, 0.3) is 0 Å². The van der Waals surface area contributed by atoms with Crippen molar-refractivity contribution >= 4 is 5.84 Å². The first kappa shape index (κ1) is 13.8. The van der Waals surface area contributed by atoms with E-state index in [2.05, 4.69) is 29.3 Å². The molecule has 1 heterocycles. The smallest absolute Gasteiger partial charge is 0.189 e. The van der Waals surface area contributed by atoms with Crippen LogP contribution in [0.5, 0.6) is 0 Å². The Morgan fingerprint density at radius 2 is 2.32 bits per heavy atom. The fourth-order valence-corrected chi connectivity index (χ4v) is 2.75. The summed E-state index contributed by atoms with van der Waals surface area (Å²) in [6.07, 6.45) is 4.14. The minimum absolute atomic E-state index is 0.0604. The van der Waals surface area contributed by atoms with E-state index < -0.39 is 0 Å². The van der Waals surface area contributed by atoms with Gasteiger partial charge < -0.3 is 16.3 Å². The molecule has 0 aliphatic heterocycles. The first-order valence-corrected chi connectivity index (χ1v) is 6.78. The highest BCUT2D eigenvalue weighted by atomic mass is 16.4. The Bertz CT molecular complexity index is 461. The van der Waals surface area contributed by atoms with Crippen LogP contribution < -0.4 is 11.1 Å². The lowest BCUT2D eigenvalue weighted by Crippen LogP contribution is -2.32. The van der Waals surface area contributed by atoms with Crippen molar-refractivity contribution in [2.24, 2.45) is 22.7 Å². The van der Waals surface area contributed by atoms with Gasteiger partial charge in [0.2, 0.25) is 0 Å². The molecule has 0 radical (unpaired) electrons. The number of aromatic nitrogens is 1. The maximum absolute atomic E-state index is 8.77. The molecule has 0 aromatic carbocycles. The lowest BCUT2D eigenvalue weighted by atomic mass is 9.97. The number of nitrogens with one attached hydrogen (secondary N) is 1. The number of nitrogens with zero attached hydrogens (tertiary/aromatic N) is 2. The predicted octanol–water partition coefficient (Wildman–Crippen LogP) is 1.70. The zero-order valence-corrected chi connectivity index (χ0v) is 11.5. The van der Waals surface area contributed by atoms with Crippen molar-refractivity contribution in [3.05, 3.63) is 29.6 Å². The molecule has 1 aliphatic carbocycles. The maximum Gasteiger partial charge on any atom is 0.189 e. The van der Waals surface area contributed by atoms with Crippen LogP contribution >= 0.6 is 0 Å². The monoisotopic (exact) mass is 262 g/mol. The van der Waals surface area contributed by atoms with Gasteiger partial charge in [-0.15, -0.1) is 0 Å². The predicted molar refractivity (Wildman–Crippen MR) is 74.9 cm³/mol. The van der Waals surface area contributed by atoms with Gasteiger partial charge in [-0.2, -0.15) is 0 Å². The summed E-state index contributed by atoms with van der Waals surface area (Å²) >= 11 is 0. The Morgan fingerprint density at radius 1 is 1.53 bits per heavy atom. The molecule has 1 aliphatic rings. The van der Waals surface area contributed by atoms with Crippen LogP contribution in [0.3, 0.4) is 0 Å². The third-order valence-corrected chi connectivity index (χ3v) is 4.26. The SMILES string of the molecule is CC1CCC(NCc2cccnc2C(N)=NO)C1C. The molecule has 0 spiro atoms. The molecule has 1 aromatic heterocycles. The van der Waals surface area contributed by atoms with E-state index in [0.29, 0.717) is 24.2 Å². The molecule has 19 heavy (non-hydrogen) atoms. The summed E-state index contributed by atoms with van der Waals surface area (Å²) in [6, 6.07) is 4.36. The molecule has 4 N–H and O–H groups in total. The van der Waals surface area contributed by atoms with Gasteiger partial charge in [-0.25, -0.2) is 0 Å². The highest BCUT2D eigenvalue weighted by molar-refractivity contribution is 5.96. The number of amidine groups is 1. The van der Waals surface area contributed by atoms with Crippen LogP contribution in [-0.2, 0) is 6.54 Å². The molecular weight excluding hydrogens is 240 g/mol. The van der Waals surface area contributed by atoms with Crippen molar-refractivity contribution in [2.75, 3.05) is 0 Å². The maximum atomic E-state index is 8.77. The molecule has 5 heteroatoms. The lowest BCUT2D eigenvalue weighted by Gasteiger charge is -2.20. The fourth-order valence-electron chi connectivity index (χ4n) is 2.75. The average molecular weight is 262 g/mol. The summed E-state index contributed by atoms with van der Waals surface area (Å²) in [7, 11) is 0. The third-order valence-electron chi connectivity index (χ3n) is 4.26. The van der Waals surface area contributed by atoms with Crippen molar-refractivity contribution in [1.29, 1.82) is 0 Å². The summed E-state index contributed by atoms with van der Waals surface area (Å²) in [5.41, 5.74) is 7.15. The van der Waals surface area contributed by atoms with E-state index in [9.17, 15) is 0 Å². The summed E-state index contributed by atoms with van der Waals surface area (Å²) in [5.74, 6) is 1.52. The minimum atomic E-state index is 0.0604. The molecule has 0 saturated heterocycles. The van der Waals surface area contributed by atoms with Crippen molar-refractivity contribution in [3.63, 3.8) is 0 Å². The molecular formula is C14H22N4O. The number of hydrogen-bond donors (Lipinski definition) is 3. The van der Waals surface area contributed by atoms with E-state index in [1.165, 1.54) is 12.8 Å². The van der Waals surface area contributed by atoms with Crippen LogP contribution in [0, 0.1) is 11.8 Å². The Balaban J connectivity index is 2.04. The van der Waals surface area contributed by atoms with Crippen molar-refractivity contribution in [1.82, 2.24) is 10.3 Å². The van der Waals surface area contributed by atoms with Gasteiger partial charge in [-0.05, 0) is 36.3 Å². The molecule has 0 bridgehead atoms. The number of pyridine rings is 1. The Kier molecular flexibility index (Phi) is 4.37. The Hall–Kier alpha value is -1.62. The Labute approximate surface area is 113 Å². The molecule has 0 amide bonds. The first-order valence-electron chi connectivity index (χ1n) is 6.78. The third kappa shape index (κ3) is 3.04. The summed E-state index contributed by atoms with van der Waals surface area (Å²) in [4.78, 5) is 4.17. The van der Waals surface area contributed by atoms with Gasteiger partial charge in [-0.1, -0.05) is 25.1 Å². The van der Waals surface area contributed by atoms with Gasteiger partial charge in [0.25, 0.3) is 0 Å². The molecule has 1 saturated carbocycles. The van der Waals surface area contributed by atoms with Gasteiger partial charge >= 0.3 is 0 Å². The standard InChI is InChI=1S/C14H22N4O/c1-9-5-6-12(10(9)2)17-8-11-4-3-7-16-13(11)14(15)18-19/h3-4,7,9-10,12,17,19H,5-6,8H2,1-2H3,(H2,15,18).